The summed E-state index contributed by atoms with van der Waals surface area (Å²) in [5.74, 6) is 0.212. The Kier molecular flexibility index (Phi) is 4.43. The number of ketones is 1. The molecule has 3 unspecified atom stereocenters. The molecule has 2 saturated heterocycles. The zero-order chi connectivity index (χ0) is 14.0. The van der Waals surface area contributed by atoms with Crippen LogP contribution in [0.2, 0.25) is 0 Å². The second-order valence-corrected chi connectivity index (χ2v) is 6.77. The van der Waals surface area contributed by atoms with Gasteiger partial charge in [-0.15, -0.1) is 0 Å². The smallest absolute Gasteiger partial charge is 0.164 e. The van der Waals surface area contributed by atoms with Crippen molar-refractivity contribution in [2.75, 3.05) is 19.8 Å². The molecule has 1 aliphatic carbocycles. The number of carbonyl (C=O) groups is 1. The first kappa shape index (κ1) is 14.5. The van der Waals surface area contributed by atoms with Gasteiger partial charge in [0.2, 0.25) is 0 Å². The molecule has 3 fully saturated rings. The summed E-state index contributed by atoms with van der Waals surface area (Å²) in [6.07, 6.45) is 7.18. The summed E-state index contributed by atoms with van der Waals surface area (Å²) >= 11 is 0. The fraction of sp³-hybridized carbons (Fsp3) is 0.938. The zero-order valence-corrected chi connectivity index (χ0v) is 12.2. The highest BCUT2D eigenvalue weighted by atomic mass is 16.6. The van der Waals surface area contributed by atoms with Gasteiger partial charge in [-0.3, -0.25) is 4.79 Å². The Labute approximate surface area is 120 Å². The van der Waals surface area contributed by atoms with Gasteiger partial charge in [0, 0.05) is 25.6 Å². The molecule has 1 spiro atoms. The molecule has 0 aromatic carbocycles. The van der Waals surface area contributed by atoms with E-state index in [1.165, 1.54) is 6.42 Å². The summed E-state index contributed by atoms with van der Waals surface area (Å²) in [6.45, 7) is 1.96. The molecule has 1 saturated carbocycles. The second-order valence-electron chi connectivity index (χ2n) is 6.77. The maximum atomic E-state index is 12.6. The second kappa shape index (κ2) is 6.12. The van der Waals surface area contributed by atoms with E-state index in [2.05, 4.69) is 0 Å². The van der Waals surface area contributed by atoms with Gasteiger partial charge in [0.1, 0.15) is 6.10 Å². The lowest BCUT2D eigenvalue weighted by Crippen LogP contribution is -2.46. The van der Waals surface area contributed by atoms with Crippen molar-refractivity contribution in [3.63, 3.8) is 0 Å². The lowest BCUT2D eigenvalue weighted by molar-refractivity contribution is -0.147. The molecule has 0 aromatic rings. The van der Waals surface area contributed by atoms with Gasteiger partial charge in [-0.2, -0.15) is 0 Å². The molecular weight excluding hydrogens is 256 g/mol. The predicted octanol–water partition coefficient (Wildman–Crippen LogP) is 2.08. The normalized spacial score (nSPS) is 37.1. The molecule has 3 rings (SSSR count). The molecule has 0 aromatic heterocycles. The van der Waals surface area contributed by atoms with Crippen LogP contribution in [0, 0.1) is 11.8 Å². The SMILES string of the molecule is O=C(C1CCOC2(CCOC2)C1)C(O)C1CCCCC1. The van der Waals surface area contributed by atoms with Crippen LogP contribution in [0.25, 0.3) is 0 Å². The van der Waals surface area contributed by atoms with E-state index in [9.17, 15) is 9.90 Å². The van der Waals surface area contributed by atoms with Crippen LogP contribution < -0.4 is 0 Å². The summed E-state index contributed by atoms with van der Waals surface area (Å²) in [5.41, 5.74) is -0.245. The van der Waals surface area contributed by atoms with Crippen molar-refractivity contribution < 1.29 is 19.4 Å². The lowest BCUT2D eigenvalue weighted by atomic mass is 9.76. The quantitative estimate of drug-likeness (QED) is 0.861. The van der Waals surface area contributed by atoms with Crippen LogP contribution >= 0.6 is 0 Å². The average Bonchev–Trinajstić information content (AvgIpc) is 2.94. The number of aliphatic hydroxyl groups is 1. The van der Waals surface area contributed by atoms with E-state index < -0.39 is 6.10 Å². The topological polar surface area (TPSA) is 55.8 Å². The van der Waals surface area contributed by atoms with Crippen molar-refractivity contribution in [1.82, 2.24) is 0 Å². The van der Waals surface area contributed by atoms with Gasteiger partial charge in [-0.05, 0) is 31.6 Å². The third kappa shape index (κ3) is 2.92. The maximum Gasteiger partial charge on any atom is 0.164 e. The van der Waals surface area contributed by atoms with Gasteiger partial charge < -0.3 is 14.6 Å². The highest BCUT2D eigenvalue weighted by molar-refractivity contribution is 5.85. The van der Waals surface area contributed by atoms with Crippen LogP contribution in [-0.4, -0.2) is 42.4 Å². The van der Waals surface area contributed by atoms with E-state index >= 15 is 0 Å². The van der Waals surface area contributed by atoms with Crippen LogP contribution in [-0.2, 0) is 14.3 Å². The van der Waals surface area contributed by atoms with Crippen molar-refractivity contribution in [3.8, 4) is 0 Å². The molecule has 2 aliphatic heterocycles. The first-order valence-electron chi connectivity index (χ1n) is 8.14. The summed E-state index contributed by atoms with van der Waals surface area (Å²) in [6, 6.07) is 0. The number of hydrogen-bond donors (Lipinski definition) is 1. The lowest BCUT2D eigenvalue weighted by Gasteiger charge is -2.38. The molecular formula is C16H26O4. The summed E-state index contributed by atoms with van der Waals surface area (Å²) < 4.78 is 11.3. The minimum Gasteiger partial charge on any atom is -0.385 e. The minimum absolute atomic E-state index is 0.0395. The molecule has 0 amide bonds. The van der Waals surface area contributed by atoms with Gasteiger partial charge in [0.05, 0.1) is 12.2 Å². The van der Waals surface area contributed by atoms with Crippen LogP contribution in [0.3, 0.4) is 0 Å². The van der Waals surface area contributed by atoms with Gasteiger partial charge in [0.25, 0.3) is 0 Å². The van der Waals surface area contributed by atoms with Gasteiger partial charge in [-0.1, -0.05) is 19.3 Å². The van der Waals surface area contributed by atoms with Crippen molar-refractivity contribution in [2.24, 2.45) is 11.8 Å². The van der Waals surface area contributed by atoms with E-state index in [1.54, 1.807) is 0 Å². The fourth-order valence-electron chi connectivity index (χ4n) is 4.06. The Morgan fingerprint density at radius 1 is 1.15 bits per heavy atom. The molecule has 0 bridgehead atoms. The van der Waals surface area contributed by atoms with E-state index in [0.29, 0.717) is 13.2 Å². The third-order valence-electron chi connectivity index (χ3n) is 5.35. The monoisotopic (exact) mass is 282 g/mol. The Morgan fingerprint density at radius 3 is 2.65 bits per heavy atom. The van der Waals surface area contributed by atoms with Crippen LogP contribution in [0.1, 0.15) is 51.4 Å². The van der Waals surface area contributed by atoms with Crippen molar-refractivity contribution in [3.05, 3.63) is 0 Å². The van der Waals surface area contributed by atoms with E-state index in [4.69, 9.17) is 9.47 Å². The molecule has 0 radical (unpaired) electrons. The number of aliphatic hydroxyl groups excluding tert-OH is 1. The Morgan fingerprint density at radius 2 is 1.95 bits per heavy atom. The molecule has 4 heteroatoms. The molecule has 20 heavy (non-hydrogen) atoms. The number of Topliss-reactive ketones (excluding diaryl/α,β-unsaturated/α-hetero) is 1. The first-order chi connectivity index (χ1) is 9.70. The zero-order valence-electron chi connectivity index (χ0n) is 12.2. The van der Waals surface area contributed by atoms with Crippen LogP contribution in [0.4, 0.5) is 0 Å². The molecule has 4 nitrogen and oxygen atoms in total. The van der Waals surface area contributed by atoms with Crippen molar-refractivity contribution in [2.45, 2.75) is 63.1 Å². The van der Waals surface area contributed by atoms with Crippen LogP contribution in [0.15, 0.2) is 0 Å². The molecule has 3 atom stereocenters. The van der Waals surface area contributed by atoms with Crippen molar-refractivity contribution >= 4 is 5.78 Å². The Hall–Kier alpha value is -0.450. The Bertz CT molecular complexity index is 342. The standard InChI is InChI=1S/C16H26O4/c17-14(12-4-2-1-3-5-12)15(18)13-6-8-20-16(10-13)7-9-19-11-16/h12-14,17H,1-11H2. The first-order valence-corrected chi connectivity index (χ1v) is 8.14. The molecule has 3 aliphatic rings. The predicted molar refractivity (Wildman–Crippen MR) is 74.4 cm³/mol. The van der Waals surface area contributed by atoms with E-state index in [0.717, 1.165) is 51.6 Å². The highest BCUT2D eigenvalue weighted by Crippen LogP contribution is 2.38. The molecule has 2 heterocycles. The van der Waals surface area contributed by atoms with Gasteiger partial charge in [-0.25, -0.2) is 0 Å². The van der Waals surface area contributed by atoms with E-state index in [1.807, 2.05) is 0 Å². The minimum atomic E-state index is -0.752. The largest absolute Gasteiger partial charge is 0.385 e. The highest BCUT2D eigenvalue weighted by Gasteiger charge is 2.44. The number of hydrogen-bond acceptors (Lipinski definition) is 4. The number of carbonyl (C=O) groups excluding carboxylic acids is 1. The summed E-state index contributed by atoms with van der Waals surface area (Å²) in [7, 11) is 0. The number of ether oxygens (including phenoxy) is 2. The third-order valence-corrected chi connectivity index (χ3v) is 5.35. The van der Waals surface area contributed by atoms with E-state index in [-0.39, 0.29) is 23.2 Å². The summed E-state index contributed by atoms with van der Waals surface area (Å²) in [5, 5.41) is 10.4. The average molecular weight is 282 g/mol. The van der Waals surface area contributed by atoms with Crippen molar-refractivity contribution in [1.29, 1.82) is 0 Å². The van der Waals surface area contributed by atoms with Crippen LogP contribution in [0.5, 0.6) is 0 Å². The maximum absolute atomic E-state index is 12.6. The van der Waals surface area contributed by atoms with Gasteiger partial charge in [0.15, 0.2) is 5.78 Å². The Balaban J connectivity index is 1.60. The number of rotatable bonds is 3. The fourth-order valence-corrected chi connectivity index (χ4v) is 4.06. The molecule has 114 valence electrons. The summed E-state index contributed by atoms with van der Waals surface area (Å²) in [4.78, 5) is 12.6. The molecule has 1 N–H and O–H groups in total. The van der Waals surface area contributed by atoms with Gasteiger partial charge >= 0.3 is 0 Å².